The molecule has 0 aromatic heterocycles. The van der Waals surface area contributed by atoms with Crippen LogP contribution in [0.1, 0.15) is 48.1 Å². The Labute approximate surface area is 164 Å². The molecular formula is C24H33N3. The highest BCUT2D eigenvalue weighted by Gasteiger charge is 2.14. The van der Waals surface area contributed by atoms with Gasteiger partial charge in [-0.15, -0.1) is 0 Å². The van der Waals surface area contributed by atoms with Crippen LogP contribution in [0.3, 0.4) is 0 Å². The second-order valence-corrected chi connectivity index (χ2v) is 7.96. The molecule has 3 rings (SSSR count). The zero-order valence-electron chi connectivity index (χ0n) is 17.2. The average molecular weight is 364 g/mol. The van der Waals surface area contributed by atoms with Gasteiger partial charge in [0.2, 0.25) is 0 Å². The second-order valence-electron chi connectivity index (χ2n) is 7.96. The van der Waals surface area contributed by atoms with Gasteiger partial charge in [0, 0.05) is 25.0 Å². The summed E-state index contributed by atoms with van der Waals surface area (Å²) < 4.78 is 0. The molecule has 144 valence electrons. The van der Waals surface area contributed by atoms with Crippen molar-refractivity contribution < 1.29 is 0 Å². The summed E-state index contributed by atoms with van der Waals surface area (Å²) in [6, 6.07) is 13.4. The van der Waals surface area contributed by atoms with Gasteiger partial charge in [-0.05, 0) is 73.0 Å². The van der Waals surface area contributed by atoms with E-state index in [1.807, 2.05) is 7.05 Å². The van der Waals surface area contributed by atoms with Crippen LogP contribution < -0.4 is 10.6 Å². The van der Waals surface area contributed by atoms with Gasteiger partial charge in [-0.2, -0.15) is 0 Å². The number of aliphatic imine (C=N–C) groups is 1. The molecule has 0 atom stereocenters. The molecule has 0 saturated carbocycles. The lowest BCUT2D eigenvalue weighted by Crippen LogP contribution is -2.16. The topological polar surface area (TPSA) is 36.4 Å². The molecule has 1 heterocycles. The third-order valence-corrected chi connectivity index (χ3v) is 5.37. The van der Waals surface area contributed by atoms with Gasteiger partial charge < -0.3 is 10.6 Å². The fourth-order valence-corrected chi connectivity index (χ4v) is 3.87. The molecule has 0 aliphatic carbocycles. The van der Waals surface area contributed by atoms with E-state index in [0.29, 0.717) is 5.92 Å². The second kappa shape index (κ2) is 9.18. The number of fused-ring (bicyclic) bond motifs is 1. The number of hydrogen-bond acceptors (Lipinski definition) is 3. The first-order chi connectivity index (χ1) is 13.1. The van der Waals surface area contributed by atoms with E-state index >= 15 is 0 Å². The van der Waals surface area contributed by atoms with Crippen LogP contribution in [-0.4, -0.2) is 25.8 Å². The average Bonchev–Trinajstić information content (AvgIpc) is 2.91. The van der Waals surface area contributed by atoms with E-state index in [4.69, 9.17) is 0 Å². The lowest BCUT2D eigenvalue weighted by molar-refractivity contribution is 0.683. The number of anilines is 1. The zero-order valence-corrected chi connectivity index (χ0v) is 17.2. The van der Waals surface area contributed by atoms with Crippen molar-refractivity contribution in [2.75, 3.05) is 25.5 Å². The van der Waals surface area contributed by atoms with Crippen molar-refractivity contribution in [1.82, 2.24) is 5.32 Å². The Morgan fingerprint density at radius 2 is 1.81 bits per heavy atom. The largest absolute Gasteiger partial charge is 0.381 e. The van der Waals surface area contributed by atoms with Crippen LogP contribution in [0.15, 0.2) is 41.4 Å². The van der Waals surface area contributed by atoms with Crippen LogP contribution in [0.2, 0.25) is 0 Å². The summed E-state index contributed by atoms with van der Waals surface area (Å²) in [5.74, 6) is 0.621. The first-order valence-electron chi connectivity index (χ1n) is 10.2. The Bertz CT molecular complexity index is 788. The molecule has 27 heavy (non-hydrogen) atoms. The minimum atomic E-state index is 0.621. The molecule has 0 fully saturated rings. The number of aryl methyl sites for hydroxylation is 1. The van der Waals surface area contributed by atoms with Crippen LogP contribution in [-0.2, 0) is 19.4 Å². The highest BCUT2D eigenvalue weighted by Crippen LogP contribution is 2.27. The monoisotopic (exact) mass is 363 g/mol. The predicted molar refractivity (Wildman–Crippen MR) is 117 cm³/mol. The summed E-state index contributed by atoms with van der Waals surface area (Å²) in [5.41, 5.74) is 9.39. The first kappa shape index (κ1) is 19.6. The molecular weight excluding hydrogens is 330 g/mol. The number of nitrogens with zero attached hydrogens (tertiary/aromatic N) is 1. The third-order valence-electron chi connectivity index (χ3n) is 5.37. The Hall–Kier alpha value is -2.13. The molecule has 0 saturated heterocycles. The van der Waals surface area contributed by atoms with E-state index in [1.54, 1.807) is 0 Å². The van der Waals surface area contributed by atoms with Crippen molar-refractivity contribution >= 4 is 11.4 Å². The smallest absolute Gasteiger partial charge is 0.0419 e. The van der Waals surface area contributed by atoms with E-state index < -0.39 is 0 Å². The normalized spacial score (nSPS) is 14.8. The zero-order chi connectivity index (χ0) is 19.2. The van der Waals surface area contributed by atoms with Crippen molar-refractivity contribution in [3.8, 4) is 0 Å². The molecule has 0 unspecified atom stereocenters. The van der Waals surface area contributed by atoms with Crippen LogP contribution >= 0.6 is 0 Å². The lowest BCUT2D eigenvalue weighted by atomic mass is 9.97. The van der Waals surface area contributed by atoms with Gasteiger partial charge in [-0.25, -0.2) is 0 Å². The minimum absolute atomic E-state index is 0.621. The lowest BCUT2D eigenvalue weighted by Gasteiger charge is -2.17. The molecule has 2 aromatic carbocycles. The number of benzene rings is 2. The Morgan fingerprint density at radius 1 is 1.07 bits per heavy atom. The Balaban J connectivity index is 1.72. The van der Waals surface area contributed by atoms with Crippen molar-refractivity contribution in [3.63, 3.8) is 0 Å². The SMILES string of the molecule is CN=C(CC(C)C)c1ccc(CNc2c(C)ccc3c2CCNCC3)cc1. The highest BCUT2D eigenvalue weighted by molar-refractivity contribution is 6.00. The van der Waals surface area contributed by atoms with Crippen molar-refractivity contribution in [2.45, 2.75) is 46.6 Å². The maximum absolute atomic E-state index is 4.49. The molecule has 0 amide bonds. The van der Waals surface area contributed by atoms with Crippen molar-refractivity contribution in [1.29, 1.82) is 0 Å². The molecule has 0 spiro atoms. The summed E-state index contributed by atoms with van der Waals surface area (Å²) in [4.78, 5) is 4.49. The van der Waals surface area contributed by atoms with Gasteiger partial charge in [0.15, 0.2) is 0 Å². The molecule has 0 radical (unpaired) electrons. The molecule has 0 bridgehead atoms. The van der Waals surface area contributed by atoms with Crippen molar-refractivity contribution in [3.05, 3.63) is 64.2 Å². The fourth-order valence-electron chi connectivity index (χ4n) is 3.87. The molecule has 2 N–H and O–H groups in total. The summed E-state index contributed by atoms with van der Waals surface area (Å²) >= 11 is 0. The van der Waals surface area contributed by atoms with Gasteiger partial charge >= 0.3 is 0 Å². The Kier molecular flexibility index (Phi) is 6.68. The van der Waals surface area contributed by atoms with Crippen LogP contribution in [0.4, 0.5) is 5.69 Å². The third kappa shape index (κ3) is 4.98. The van der Waals surface area contributed by atoms with Gasteiger partial charge in [0.1, 0.15) is 0 Å². The van der Waals surface area contributed by atoms with Gasteiger partial charge in [-0.3, -0.25) is 4.99 Å². The molecule has 1 aliphatic heterocycles. The predicted octanol–water partition coefficient (Wildman–Crippen LogP) is 4.76. The fraction of sp³-hybridized carbons (Fsp3) is 0.458. The van der Waals surface area contributed by atoms with E-state index in [1.165, 1.54) is 39.2 Å². The van der Waals surface area contributed by atoms with Gasteiger partial charge in [0.25, 0.3) is 0 Å². The summed E-state index contributed by atoms with van der Waals surface area (Å²) in [6.45, 7) is 9.69. The van der Waals surface area contributed by atoms with E-state index in [2.05, 4.69) is 72.8 Å². The van der Waals surface area contributed by atoms with Crippen LogP contribution in [0.5, 0.6) is 0 Å². The maximum atomic E-state index is 4.49. The maximum Gasteiger partial charge on any atom is 0.0419 e. The van der Waals surface area contributed by atoms with Gasteiger partial charge in [-0.1, -0.05) is 50.2 Å². The van der Waals surface area contributed by atoms with Crippen molar-refractivity contribution in [2.24, 2.45) is 10.9 Å². The Morgan fingerprint density at radius 3 is 2.52 bits per heavy atom. The van der Waals surface area contributed by atoms with Crippen LogP contribution in [0.25, 0.3) is 0 Å². The van der Waals surface area contributed by atoms with E-state index in [-0.39, 0.29) is 0 Å². The highest BCUT2D eigenvalue weighted by atomic mass is 14.9. The quantitative estimate of drug-likeness (QED) is 0.726. The summed E-state index contributed by atoms with van der Waals surface area (Å²) in [5, 5.41) is 7.23. The molecule has 2 aromatic rings. The van der Waals surface area contributed by atoms with Gasteiger partial charge in [0.05, 0.1) is 0 Å². The summed E-state index contributed by atoms with van der Waals surface area (Å²) in [7, 11) is 1.89. The van der Waals surface area contributed by atoms with Crippen LogP contribution in [0, 0.1) is 12.8 Å². The van der Waals surface area contributed by atoms with E-state index in [0.717, 1.165) is 38.9 Å². The number of nitrogens with one attached hydrogen (secondary N) is 2. The summed E-state index contributed by atoms with van der Waals surface area (Å²) in [6.07, 6.45) is 3.25. The molecule has 3 heteroatoms. The standard InChI is InChI=1S/C24H33N3/c1-17(2)15-23(25-4)21-9-6-19(7-10-21)16-27-24-18(3)5-8-20-11-13-26-14-12-22(20)24/h5-10,17,26-27H,11-16H2,1-4H3. The minimum Gasteiger partial charge on any atom is -0.381 e. The first-order valence-corrected chi connectivity index (χ1v) is 10.2. The number of rotatable bonds is 6. The molecule has 1 aliphatic rings. The molecule has 3 nitrogen and oxygen atoms in total. The van der Waals surface area contributed by atoms with E-state index in [9.17, 15) is 0 Å². The number of hydrogen-bond donors (Lipinski definition) is 2.